The fraction of sp³-hybridized carbons (Fsp3) is 0.158. The van der Waals surface area contributed by atoms with E-state index in [0.29, 0.717) is 11.4 Å². The van der Waals surface area contributed by atoms with Crippen LogP contribution in [0.5, 0.6) is 0 Å². The Balaban J connectivity index is 1.60. The van der Waals surface area contributed by atoms with E-state index in [1.165, 1.54) is 16.2 Å². The fourth-order valence-electron chi connectivity index (χ4n) is 2.81. The van der Waals surface area contributed by atoms with Gasteiger partial charge < -0.3 is 4.57 Å². The molecule has 0 amide bonds. The first kappa shape index (κ1) is 16.5. The van der Waals surface area contributed by atoms with Crippen molar-refractivity contribution in [3.05, 3.63) is 76.3 Å². The number of nitrogens with zero attached hydrogens (tertiary/aromatic N) is 5. The molecule has 0 saturated carbocycles. The SMILES string of the molecule is Cc1ccccc1-c1nnc(SCc2cc(=O)n3ccccc3n2)n1C. The molecule has 0 unspecified atom stereocenters. The summed E-state index contributed by atoms with van der Waals surface area (Å²) >= 11 is 1.52. The average Bonchev–Trinajstić information content (AvgIpc) is 3.01. The molecule has 4 rings (SSSR count). The third-order valence-corrected chi connectivity index (χ3v) is 5.25. The van der Waals surface area contributed by atoms with Gasteiger partial charge in [0.2, 0.25) is 0 Å². The van der Waals surface area contributed by atoms with Gasteiger partial charge in [-0.1, -0.05) is 42.1 Å². The number of hydrogen-bond acceptors (Lipinski definition) is 5. The van der Waals surface area contributed by atoms with E-state index in [4.69, 9.17) is 0 Å². The quantitative estimate of drug-likeness (QED) is 0.521. The van der Waals surface area contributed by atoms with Crippen LogP contribution in [0.25, 0.3) is 17.0 Å². The second-order valence-electron chi connectivity index (χ2n) is 5.98. The van der Waals surface area contributed by atoms with Gasteiger partial charge in [-0.25, -0.2) is 4.98 Å². The maximum atomic E-state index is 12.2. The molecule has 7 heteroatoms. The molecule has 0 fully saturated rings. The third kappa shape index (κ3) is 3.01. The van der Waals surface area contributed by atoms with E-state index < -0.39 is 0 Å². The molecule has 0 bridgehead atoms. The smallest absolute Gasteiger partial charge is 0.258 e. The highest BCUT2D eigenvalue weighted by molar-refractivity contribution is 7.98. The Labute approximate surface area is 154 Å². The van der Waals surface area contributed by atoms with Crippen LogP contribution < -0.4 is 5.56 Å². The monoisotopic (exact) mass is 363 g/mol. The summed E-state index contributed by atoms with van der Waals surface area (Å²) in [5, 5.41) is 9.42. The molecule has 0 aliphatic rings. The summed E-state index contributed by atoms with van der Waals surface area (Å²) in [4.78, 5) is 16.7. The van der Waals surface area contributed by atoms with Gasteiger partial charge in [0, 0.05) is 30.6 Å². The Bertz CT molecular complexity index is 1150. The van der Waals surface area contributed by atoms with Crippen LogP contribution in [0.15, 0.2) is 64.7 Å². The zero-order valence-corrected chi connectivity index (χ0v) is 15.3. The minimum absolute atomic E-state index is 0.0789. The van der Waals surface area contributed by atoms with Gasteiger partial charge in [0.05, 0.1) is 5.69 Å². The van der Waals surface area contributed by atoms with E-state index in [1.54, 1.807) is 12.3 Å². The lowest BCUT2D eigenvalue weighted by Crippen LogP contribution is -2.14. The zero-order chi connectivity index (χ0) is 18.1. The van der Waals surface area contributed by atoms with Gasteiger partial charge in [-0.2, -0.15) is 0 Å². The van der Waals surface area contributed by atoms with Crippen LogP contribution in [0.4, 0.5) is 0 Å². The Kier molecular flexibility index (Phi) is 4.30. The zero-order valence-electron chi connectivity index (χ0n) is 14.5. The number of fused-ring (bicyclic) bond motifs is 1. The molecule has 6 nitrogen and oxygen atoms in total. The maximum Gasteiger partial charge on any atom is 0.258 e. The number of thioether (sulfide) groups is 1. The van der Waals surface area contributed by atoms with E-state index in [0.717, 1.165) is 27.8 Å². The molecule has 0 aliphatic heterocycles. The number of pyridine rings is 1. The summed E-state index contributed by atoms with van der Waals surface area (Å²) in [6.45, 7) is 2.06. The van der Waals surface area contributed by atoms with Crippen LogP contribution in [-0.2, 0) is 12.8 Å². The molecule has 0 aliphatic carbocycles. The Morgan fingerprint density at radius 2 is 1.88 bits per heavy atom. The minimum atomic E-state index is -0.0789. The average molecular weight is 363 g/mol. The summed E-state index contributed by atoms with van der Waals surface area (Å²) in [7, 11) is 1.95. The molecule has 26 heavy (non-hydrogen) atoms. The maximum absolute atomic E-state index is 12.2. The van der Waals surface area contributed by atoms with Crippen molar-refractivity contribution in [3.8, 4) is 11.4 Å². The Morgan fingerprint density at radius 1 is 1.08 bits per heavy atom. The normalized spacial score (nSPS) is 11.2. The largest absolute Gasteiger partial charge is 0.305 e. The van der Waals surface area contributed by atoms with E-state index in [1.807, 2.05) is 48.0 Å². The first-order chi connectivity index (χ1) is 12.6. The molecule has 0 N–H and O–H groups in total. The topological polar surface area (TPSA) is 65.1 Å². The number of rotatable bonds is 4. The first-order valence-corrected chi connectivity index (χ1v) is 9.17. The van der Waals surface area contributed by atoms with Crippen LogP contribution in [0, 0.1) is 6.92 Å². The molecule has 4 aromatic rings. The van der Waals surface area contributed by atoms with Gasteiger partial charge in [0.25, 0.3) is 5.56 Å². The van der Waals surface area contributed by atoms with Crippen molar-refractivity contribution < 1.29 is 0 Å². The molecular formula is C19H17N5OS. The van der Waals surface area contributed by atoms with Gasteiger partial charge in [-0.05, 0) is 24.6 Å². The van der Waals surface area contributed by atoms with Crippen molar-refractivity contribution >= 4 is 17.4 Å². The van der Waals surface area contributed by atoms with Gasteiger partial charge in [0.1, 0.15) is 5.65 Å². The van der Waals surface area contributed by atoms with Crippen molar-refractivity contribution in [2.75, 3.05) is 0 Å². The summed E-state index contributed by atoms with van der Waals surface area (Å²) in [6, 6.07) is 15.2. The number of aryl methyl sites for hydroxylation is 1. The van der Waals surface area contributed by atoms with Crippen LogP contribution in [0.3, 0.4) is 0 Å². The predicted molar refractivity (Wildman–Crippen MR) is 102 cm³/mol. The lowest BCUT2D eigenvalue weighted by molar-refractivity contribution is 0.793. The van der Waals surface area contributed by atoms with Crippen molar-refractivity contribution in [2.24, 2.45) is 7.05 Å². The highest BCUT2D eigenvalue weighted by atomic mass is 32.2. The molecule has 3 aromatic heterocycles. The molecule has 0 saturated heterocycles. The second kappa shape index (κ2) is 6.76. The fourth-order valence-corrected chi connectivity index (χ4v) is 3.62. The van der Waals surface area contributed by atoms with Crippen LogP contribution in [0.2, 0.25) is 0 Å². The van der Waals surface area contributed by atoms with E-state index >= 15 is 0 Å². The predicted octanol–water partition coefficient (Wildman–Crippen LogP) is 3.09. The molecule has 0 atom stereocenters. The van der Waals surface area contributed by atoms with E-state index in [2.05, 4.69) is 28.2 Å². The van der Waals surface area contributed by atoms with Gasteiger partial charge in [-0.15, -0.1) is 10.2 Å². The van der Waals surface area contributed by atoms with Gasteiger partial charge >= 0.3 is 0 Å². The molecule has 0 spiro atoms. The molecule has 1 aromatic carbocycles. The van der Waals surface area contributed by atoms with Crippen molar-refractivity contribution in [3.63, 3.8) is 0 Å². The lowest BCUT2D eigenvalue weighted by Gasteiger charge is -2.06. The Morgan fingerprint density at radius 3 is 2.73 bits per heavy atom. The van der Waals surface area contributed by atoms with Gasteiger partial charge in [0.15, 0.2) is 11.0 Å². The van der Waals surface area contributed by atoms with Gasteiger partial charge in [-0.3, -0.25) is 9.20 Å². The Hall–Kier alpha value is -2.93. The third-order valence-electron chi connectivity index (χ3n) is 4.19. The highest BCUT2D eigenvalue weighted by Crippen LogP contribution is 2.26. The van der Waals surface area contributed by atoms with Crippen LogP contribution >= 0.6 is 11.8 Å². The molecular weight excluding hydrogens is 346 g/mol. The minimum Gasteiger partial charge on any atom is -0.305 e. The summed E-state index contributed by atoms with van der Waals surface area (Å²) < 4.78 is 3.51. The van der Waals surface area contributed by atoms with Crippen LogP contribution in [0.1, 0.15) is 11.3 Å². The summed E-state index contributed by atoms with van der Waals surface area (Å²) in [5.41, 5.74) is 3.52. The summed E-state index contributed by atoms with van der Waals surface area (Å²) in [5.74, 6) is 1.39. The van der Waals surface area contributed by atoms with Crippen molar-refractivity contribution in [2.45, 2.75) is 17.8 Å². The number of hydrogen-bond donors (Lipinski definition) is 0. The van der Waals surface area contributed by atoms with Crippen LogP contribution in [-0.4, -0.2) is 24.1 Å². The summed E-state index contributed by atoms with van der Waals surface area (Å²) in [6.07, 6.45) is 1.72. The van der Waals surface area contributed by atoms with E-state index in [9.17, 15) is 4.79 Å². The number of benzene rings is 1. The van der Waals surface area contributed by atoms with Crippen molar-refractivity contribution in [1.82, 2.24) is 24.1 Å². The molecule has 3 heterocycles. The first-order valence-electron chi connectivity index (χ1n) is 8.19. The molecule has 130 valence electrons. The highest BCUT2D eigenvalue weighted by Gasteiger charge is 2.13. The van der Waals surface area contributed by atoms with Crippen molar-refractivity contribution in [1.29, 1.82) is 0 Å². The standard InChI is InChI=1S/C19H17N5OS/c1-13-7-3-4-8-15(13)18-21-22-19(23(18)2)26-12-14-11-17(25)24-10-6-5-9-16(24)20-14/h3-11H,12H2,1-2H3. The second-order valence-corrected chi connectivity index (χ2v) is 6.93. The lowest BCUT2D eigenvalue weighted by atomic mass is 10.1. The van der Waals surface area contributed by atoms with E-state index in [-0.39, 0.29) is 5.56 Å². The molecule has 0 radical (unpaired) electrons. The number of aromatic nitrogens is 5.